The van der Waals surface area contributed by atoms with Crippen LogP contribution in [0.25, 0.3) is 6.08 Å². The zero-order chi connectivity index (χ0) is 17.1. The molecule has 5 nitrogen and oxygen atoms in total. The molecule has 0 atom stereocenters. The summed E-state index contributed by atoms with van der Waals surface area (Å²) < 4.78 is 21.4. The van der Waals surface area contributed by atoms with Crippen LogP contribution in [0.2, 0.25) is 0 Å². The van der Waals surface area contributed by atoms with E-state index in [9.17, 15) is 4.79 Å². The highest BCUT2D eigenvalue weighted by Crippen LogP contribution is 2.32. The van der Waals surface area contributed by atoms with Gasteiger partial charge in [0.05, 0.1) is 26.9 Å². The predicted molar refractivity (Wildman–Crippen MR) is 90.3 cm³/mol. The molecule has 0 radical (unpaired) electrons. The Morgan fingerprint density at radius 1 is 0.917 bits per heavy atom. The van der Waals surface area contributed by atoms with E-state index in [2.05, 4.69) is 0 Å². The zero-order valence-corrected chi connectivity index (χ0v) is 13.8. The summed E-state index contributed by atoms with van der Waals surface area (Å²) in [5, 5.41) is 0. The molecule has 0 spiro atoms. The van der Waals surface area contributed by atoms with E-state index in [1.165, 1.54) is 0 Å². The zero-order valence-electron chi connectivity index (χ0n) is 13.8. The molecule has 0 unspecified atom stereocenters. The van der Waals surface area contributed by atoms with Crippen molar-refractivity contribution in [1.82, 2.24) is 0 Å². The molecule has 5 heteroatoms. The predicted octanol–water partition coefficient (Wildman–Crippen LogP) is 3.37. The first-order valence-corrected chi connectivity index (χ1v) is 7.44. The van der Waals surface area contributed by atoms with Crippen molar-refractivity contribution >= 4 is 11.9 Å². The second-order valence-corrected chi connectivity index (χ2v) is 5.30. The number of hydrogen-bond acceptors (Lipinski definition) is 5. The first-order chi connectivity index (χ1) is 11.6. The summed E-state index contributed by atoms with van der Waals surface area (Å²) in [6.45, 7) is 0.220. The maximum Gasteiger partial charge on any atom is 0.196 e. The van der Waals surface area contributed by atoms with Gasteiger partial charge >= 0.3 is 0 Å². The van der Waals surface area contributed by atoms with Crippen LogP contribution in [0.15, 0.2) is 42.0 Å². The van der Waals surface area contributed by atoms with Gasteiger partial charge in [0, 0.05) is 11.6 Å². The monoisotopic (exact) mass is 326 g/mol. The minimum atomic E-state index is -0.0723. The van der Waals surface area contributed by atoms with Gasteiger partial charge in [-0.25, -0.2) is 0 Å². The molecule has 0 aliphatic carbocycles. The number of carbonyl (C=O) groups excluding carboxylic acids is 1. The molecule has 0 bridgehead atoms. The standard InChI is InChI=1S/C19H18O5/c1-21-14-4-5-18-17(10-14)19(20)13(11-24-18)6-12-7-15(22-2)9-16(8-12)23-3/h4-10H,11H2,1-3H3/b13-6-. The summed E-state index contributed by atoms with van der Waals surface area (Å²) in [5.74, 6) is 2.44. The van der Waals surface area contributed by atoms with Crippen LogP contribution in [0.3, 0.4) is 0 Å². The molecular weight excluding hydrogens is 308 g/mol. The van der Waals surface area contributed by atoms with Crippen molar-refractivity contribution in [3.8, 4) is 23.0 Å². The number of Topliss-reactive ketones (excluding diaryl/α,β-unsaturated/α-hetero) is 1. The Morgan fingerprint density at radius 2 is 1.58 bits per heavy atom. The molecule has 0 aromatic heterocycles. The van der Waals surface area contributed by atoms with Crippen molar-refractivity contribution in [2.24, 2.45) is 0 Å². The highest BCUT2D eigenvalue weighted by molar-refractivity contribution is 6.14. The lowest BCUT2D eigenvalue weighted by molar-refractivity contribution is 0.100. The summed E-state index contributed by atoms with van der Waals surface area (Å²) in [4.78, 5) is 12.7. The van der Waals surface area contributed by atoms with Gasteiger partial charge in [-0.05, 0) is 42.0 Å². The first kappa shape index (κ1) is 15.9. The molecule has 2 aromatic rings. The molecule has 1 heterocycles. The normalized spacial score (nSPS) is 14.8. The summed E-state index contributed by atoms with van der Waals surface area (Å²) in [6, 6.07) is 10.7. The van der Waals surface area contributed by atoms with Gasteiger partial charge in [-0.15, -0.1) is 0 Å². The van der Waals surface area contributed by atoms with Gasteiger partial charge in [0.15, 0.2) is 5.78 Å². The number of carbonyl (C=O) groups is 1. The van der Waals surface area contributed by atoms with Crippen LogP contribution in [-0.2, 0) is 0 Å². The number of ether oxygens (including phenoxy) is 4. The van der Waals surface area contributed by atoms with E-state index in [0.29, 0.717) is 34.1 Å². The van der Waals surface area contributed by atoms with Crippen LogP contribution < -0.4 is 18.9 Å². The average Bonchev–Trinajstić information content (AvgIpc) is 2.63. The van der Waals surface area contributed by atoms with Gasteiger partial charge in [0.2, 0.25) is 0 Å². The Hall–Kier alpha value is -2.95. The lowest BCUT2D eigenvalue weighted by atomic mass is 9.98. The molecule has 1 aliphatic rings. The SMILES string of the molecule is COc1cc(/C=C2/COc3ccc(OC)cc3C2=O)cc(OC)c1. The quantitative estimate of drug-likeness (QED) is 0.806. The minimum Gasteiger partial charge on any atom is -0.497 e. The third-order valence-corrected chi connectivity index (χ3v) is 3.82. The van der Waals surface area contributed by atoms with Crippen molar-refractivity contribution in [3.63, 3.8) is 0 Å². The third-order valence-electron chi connectivity index (χ3n) is 3.82. The number of methoxy groups -OCH3 is 3. The smallest absolute Gasteiger partial charge is 0.196 e. The summed E-state index contributed by atoms with van der Waals surface area (Å²) in [7, 11) is 4.74. The molecule has 0 saturated heterocycles. The third kappa shape index (κ3) is 3.06. The molecular formula is C19H18O5. The molecule has 3 rings (SSSR count). The van der Waals surface area contributed by atoms with Gasteiger partial charge < -0.3 is 18.9 Å². The van der Waals surface area contributed by atoms with Gasteiger partial charge in [-0.1, -0.05) is 0 Å². The summed E-state index contributed by atoms with van der Waals surface area (Å²) in [6.07, 6.45) is 1.79. The second-order valence-electron chi connectivity index (χ2n) is 5.30. The number of fused-ring (bicyclic) bond motifs is 1. The van der Waals surface area contributed by atoms with Gasteiger partial charge in [-0.2, -0.15) is 0 Å². The van der Waals surface area contributed by atoms with Crippen molar-refractivity contribution < 1.29 is 23.7 Å². The highest BCUT2D eigenvalue weighted by Gasteiger charge is 2.24. The van der Waals surface area contributed by atoms with E-state index in [1.807, 2.05) is 12.1 Å². The number of rotatable bonds is 4. The minimum absolute atomic E-state index is 0.0723. The van der Waals surface area contributed by atoms with Crippen LogP contribution in [-0.4, -0.2) is 33.7 Å². The van der Waals surface area contributed by atoms with E-state index in [-0.39, 0.29) is 12.4 Å². The van der Waals surface area contributed by atoms with E-state index < -0.39 is 0 Å². The van der Waals surface area contributed by atoms with E-state index >= 15 is 0 Å². The van der Waals surface area contributed by atoms with Crippen molar-refractivity contribution in [2.45, 2.75) is 0 Å². The lowest BCUT2D eigenvalue weighted by Crippen LogP contribution is -2.19. The van der Waals surface area contributed by atoms with Crippen LogP contribution in [0, 0.1) is 0 Å². The van der Waals surface area contributed by atoms with Crippen LogP contribution in [0.1, 0.15) is 15.9 Å². The average molecular weight is 326 g/mol. The summed E-state index contributed by atoms with van der Waals surface area (Å²) in [5.41, 5.74) is 1.87. The maximum atomic E-state index is 12.7. The van der Waals surface area contributed by atoms with Crippen molar-refractivity contribution in [3.05, 3.63) is 53.1 Å². The molecule has 0 N–H and O–H groups in total. The highest BCUT2D eigenvalue weighted by atomic mass is 16.5. The molecule has 0 fully saturated rings. The fourth-order valence-corrected chi connectivity index (χ4v) is 2.55. The fourth-order valence-electron chi connectivity index (χ4n) is 2.55. The number of ketones is 1. The van der Waals surface area contributed by atoms with Crippen molar-refractivity contribution in [1.29, 1.82) is 0 Å². The van der Waals surface area contributed by atoms with Gasteiger partial charge in [-0.3, -0.25) is 4.79 Å². The van der Waals surface area contributed by atoms with E-state index in [4.69, 9.17) is 18.9 Å². The molecule has 124 valence electrons. The second kappa shape index (κ2) is 6.66. The first-order valence-electron chi connectivity index (χ1n) is 7.44. The molecule has 24 heavy (non-hydrogen) atoms. The van der Waals surface area contributed by atoms with Crippen LogP contribution >= 0.6 is 0 Å². The molecule has 0 amide bonds. The van der Waals surface area contributed by atoms with Gasteiger partial charge in [0.25, 0.3) is 0 Å². The Kier molecular flexibility index (Phi) is 4.42. The van der Waals surface area contributed by atoms with E-state index in [0.717, 1.165) is 5.56 Å². The Labute approximate surface area is 140 Å². The maximum absolute atomic E-state index is 12.7. The summed E-state index contributed by atoms with van der Waals surface area (Å²) >= 11 is 0. The van der Waals surface area contributed by atoms with Crippen LogP contribution in [0.5, 0.6) is 23.0 Å². The molecule has 2 aromatic carbocycles. The van der Waals surface area contributed by atoms with Crippen LogP contribution in [0.4, 0.5) is 0 Å². The Bertz CT molecular complexity index is 785. The lowest BCUT2D eigenvalue weighted by Gasteiger charge is -2.19. The van der Waals surface area contributed by atoms with E-state index in [1.54, 1.807) is 51.7 Å². The van der Waals surface area contributed by atoms with Crippen molar-refractivity contribution in [2.75, 3.05) is 27.9 Å². The number of hydrogen-bond donors (Lipinski definition) is 0. The fraction of sp³-hybridized carbons (Fsp3) is 0.211. The molecule has 1 aliphatic heterocycles. The topological polar surface area (TPSA) is 54.0 Å². The Morgan fingerprint density at radius 3 is 2.21 bits per heavy atom. The molecule has 0 saturated carbocycles. The van der Waals surface area contributed by atoms with Gasteiger partial charge in [0.1, 0.15) is 29.6 Å². The number of benzene rings is 2. The Balaban J connectivity index is 1.98. The largest absolute Gasteiger partial charge is 0.497 e.